The van der Waals surface area contributed by atoms with E-state index in [2.05, 4.69) is 55.5 Å². The van der Waals surface area contributed by atoms with Crippen molar-refractivity contribution in [3.63, 3.8) is 0 Å². The van der Waals surface area contributed by atoms with Crippen LogP contribution in [0.1, 0.15) is 30.9 Å². The van der Waals surface area contributed by atoms with Gasteiger partial charge in [-0.1, -0.05) is 19.1 Å². The van der Waals surface area contributed by atoms with Gasteiger partial charge in [0.05, 0.1) is 0 Å². The van der Waals surface area contributed by atoms with Gasteiger partial charge in [-0.05, 0) is 48.4 Å². The van der Waals surface area contributed by atoms with Gasteiger partial charge >= 0.3 is 0 Å². The van der Waals surface area contributed by atoms with Gasteiger partial charge in [0.1, 0.15) is 5.82 Å². The molecule has 1 amide bonds. The van der Waals surface area contributed by atoms with Gasteiger partial charge in [-0.25, -0.2) is 4.98 Å². The number of nitrogens with one attached hydrogen (secondary N) is 2. The highest BCUT2D eigenvalue weighted by Gasteiger charge is 2.21. The van der Waals surface area contributed by atoms with Crippen LogP contribution in [0.4, 0.5) is 11.5 Å². The van der Waals surface area contributed by atoms with Crippen LogP contribution in [0.25, 0.3) is 0 Å². The highest BCUT2D eigenvalue weighted by molar-refractivity contribution is 5.95. The minimum absolute atomic E-state index is 0.216. The average molecular weight is 450 g/mol. The molecule has 0 bridgehead atoms. The van der Waals surface area contributed by atoms with E-state index in [1.807, 2.05) is 29.3 Å². The lowest BCUT2D eigenvalue weighted by Crippen LogP contribution is -2.46. The second kappa shape index (κ2) is 11.1. The molecule has 0 spiro atoms. The summed E-state index contributed by atoms with van der Waals surface area (Å²) in [6, 6.07) is 12.4. The van der Waals surface area contributed by atoms with Crippen LogP contribution in [0.3, 0.4) is 0 Å². The number of guanidine groups is 1. The molecule has 0 unspecified atom stereocenters. The van der Waals surface area contributed by atoms with Crippen molar-refractivity contribution >= 4 is 23.4 Å². The van der Waals surface area contributed by atoms with Gasteiger partial charge < -0.3 is 25.3 Å². The number of hydrogen-bond donors (Lipinski definition) is 2. The Morgan fingerprint density at radius 3 is 2.36 bits per heavy atom. The van der Waals surface area contributed by atoms with Crippen molar-refractivity contribution in [3.05, 3.63) is 53.7 Å². The number of benzene rings is 1. The van der Waals surface area contributed by atoms with E-state index < -0.39 is 0 Å². The number of aliphatic imine (C=N–C) groups is 1. The molecule has 33 heavy (non-hydrogen) atoms. The molecule has 2 aromatic rings. The van der Waals surface area contributed by atoms with E-state index in [0.29, 0.717) is 19.5 Å². The van der Waals surface area contributed by atoms with Crippen LogP contribution in [0.5, 0.6) is 0 Å². The summed E-state index contributed by atoms with van der Waals surface area (Å²) in [6.07, 6.45) is 3.49. The molecule has 0 atom stereocenters. The molecule has 4 rings (SSSR count). The molecular weight excluding hydrogens is 414 g/mol. The third kappa shape index (κ3) is 6.01. The van der Waals surface area contributed by atoms with Gasteiger partial charge in [-0.3, -0.25) is 9.79 Å². The molecule has 2 aliphatic heterocycles. The molecular formula is C25H35N7O. The number of carbonyl (C=O) groups is 1. The highest BCUT2D eigenvalue weighted by Crippen LogP contribution is 2.21. The van der Waals surface area contributed by atoms with Crippen molar-refractivity contribution in [2.24, 2.45) is 4.99 Å². The smallest absolute Gasteiger partial charge is 0.227 e. The van der Waals surface area contributed by atoms with Crippen LogP contribution >= 0.6 is 0 Å². The Bertz CT molecular complexity index is 951. The molecule has 0 aliphatic carbocycles. The first-order valence-corrected chi connectivity index (χ1v) is 11.9. The summed E-state index contributed by atoms with van der Waals surface area (Å²) >= 11 is 0. The van der Waals surface area contributed by atoms with Crippen LogP contribution in [0, 0.1) is 0 Å². The Kier molecular flexibility index (Phi) is 7.78. The fourth-order valence-electron chi connectivity index (χ4n) is 4.34. The molecule has 0 radical (unpaired) electrons. The minimum Gasteiger partial charge on any atom is -0.354 e. The molecule has 3 heterocycles. The first-order valence-electron chi connectivity index (χ1n) is 11.9. The lowest BCUT2D eigenvalue weighted by molar-refractivity contribution is -0.117. The van der Waals surface area contributed by atoms with Crippen molar-refractivity contribution in [2.75, 3.05) is 56.1 Å². The number of piperazine rings is 1. The molecule has 1 aromatic heterocycles. The van der Waals surface area contributed by atoms with E-state index in [9.17, 15) is 4.79 Å². The number of aromatic nitrogens is 1. The fourth-order valence-corrected chi connectivity index (χ4v) is 4.34. The van der Waals surface area contributed by atoms with Gasteiger partial charge in [0, 0.05) is 71.2 Å². The van der Waals surface area contributed by atoms with E-state index in [-0.39, 0.29) is 5.91 Å². The molecule has 8 nitrogen and oxygen atoms in total. The fraction of sp³-hybridized carbons (Fsp3) is 0.480. The number of nitrogens with zero attached hydrogens (tertiary/aromatic N) is 5. The van der Waals surface area contributed by atoms with E-state index in [0.717, 1.165) is 68.7 Å². The zero-order valence-corrected chi connectivity index (χ0v) is 19.8. The zero-order valence-electron chi connectivity index (χ0n) is 19.8. The molecule has 2 aliphatic rings. The number of amides is 1. The number of pyridine rings is 1. The zero-order chi connectivity index (χ0) is 23.0. The van der Waals surface area contributed by atoms with Crippen molar-refractivity contribution < 1.29 is 4.79 Å². The maximum absolute atomic E-state index is 11.9. The molecule has 2 N–H and O–H groups in total. The molecule has 8 heteroatoms. The largest absolute Gasteiger partial charge is 0.354 e. The first-order chi connectivity index (χ1) is 16.2. The van der Waals surface area contributed by atoms with Gasteiger partial charge in [0.2, 0.25) is 5.91 Å². The number of hydrogen-bond acceptors (Lipinski definition) is 5. The van der Waals surface area contributed by atoms with E-state index in [1.165, 1.54) is 5.56 Å². The third-order valence-electron chi connectivity index (χ3n) is 6.42. The maximum Gasteiger partial charge on any atom is 0.227 e. The number of rotatable bonds is 7. The summed E-state index contributed by atoms with van der Waals surface area (Å²) in [5.74, 6) is 2.02. The van der Waals surface area contributed by atoms with Crippen LogP contribution in [-0.2, 0) is 17.9 Å². The van der Waals surface area contributed by atoms with Crippen molar-refractivity contribution in [1.29, 1.82) is 0 Å². The third-order valence-corrected chi connectivity index (χ3v) is 6.42. The lowest BCUT2D eigenvalue weighted by atomic mass is 10.2. The Morgan fingerprint density at radius 2 is 1.73 bits per heavy atom. The number of likely N-dealkylation sites (N-methyl/N-ethyl adjacent to an activating group) is 1. The maximum atomic E-state index is 11.9. The first kappa shape index (κ1) is 23.0. The monoisotopic (exact) mass is 449 g/mol. The van der Waals surface area contributed by atoms with E-state index >= 15 is 0 Å². The van der Waals surface area contributed by atoms with Crippen molar-refractivity contribution in [1.82, 2.24) is 20.5 Å². The van der Waals surface area contributed by atoms with Crippen LogP contribution in [0.15, 0.2) is 47.6 Å². The Hall–Kier alpha value is -3.13. The quantitative estimate of drug-likeness (QED) is 0.499. The second-order valence-electron chi connectivity index (χ2n) is 8.54. The van der Waals surface area contributed by atoms with Gasteiger partial charge in [0.25, 0.3) is 0 Å². The summed E-state index contributed by atoms with van der Waals surface area (Å²) in [4.78, 5) is 27.6. The van der Waals surface area contributed by atoms with Gasteiger partial charge in [-0.2, -0.15) is 0 Å². The summed E-state index contributed by atoms with van der Waals surface area (Å²) < 4.78 is 0. The normalized spacial score (nSPS) is 17.5. The molecule has 2 saturated heterocycles. The van der Waals surface area contributed by atoms with Crippen molar-refractivity contribution in [3.8, 4) is 0 Å². The average Bonchev–Trinajstić information content (AvgIpc) is 3.30. The number of anilines is 2. The van der Waals surface area contributed by atoms with Gasteiger partial charge in [-0.15, -0.1) is 0 Å². The topological polar surface area (TPSA) is 76.1 Å². The Labute approximate surface area is 196 Å². The van der Waals surface area contributed by atoms with Crippen LogP contribution < -0.4 is 20.4 Å². The molecule has 1 aromatic carbocycles. The summed E-state index contributed by atoms with van der Waals surface area (Å²) in [5.41, 5.74) is 3.31. The summed E-state index contributed by atoms with van der Waals surface area (Å²) in [5, 5.41) is 6.77. The predicted octanol–water partition coefficient (Wildman–Crippen LogP) is 2.22. The predicted molar refractivity (Wildman–Crippen MR) is 134 cm³/mol. The highest BCUT2D eigenvalue weighted by atomic mass is 16.2. The van der Waals surface area contributed by atoms with E-state index in [4.69, 9.17) is 0 Å². The molecule has 0 saturated carbocycles. The standard InChI is InChI=1S/C25H35N7O/c1-3-30-13-15-31(16-14-30)23-17-21(10-11-27-23)19-29-25(26-2)28-18-20-6-8-22(9-7-20)32-12-4-5-24(32)33/h6-11,17H,3-5,12-16,18-19H2,1-2H3,(H2,26,28,29). The summed E-state index contributed by atoms with van der Waals surface area (Å²) in [6.45, 7) is 9.71. The second-order valence-corrected chi connectivity index (χ2v) is 8.54. The lowest BCUT2D eigenvalue weighted by Gasteiger charge is -2.34. The SMILES string of the molecule is CCN1CCN(c2cc(CNC(=NC)NCc3ccc(N4CCCC4=O)cc3)ccn2)CC1. The van der Waals surface area contributed by atoms with Gasteiger partial charge in [0.15, 0.2) is 5.96 Å². The molecule has 2 fully saturated rings. The van der Waals surface area contributed by atoms with E-state index in [1.54, 1.807) is 7.05 Å². The van der Waals surface area contributed by atoms with Crippen molar-refractivity contribution in [2.45, 2.75) is 32.9 Å². The Balaban J connectivity index is 1.26. The minimum atomic E-state index is 0.216. The summed E-state index contributed by atoms with van der Waals surface area (Å²) in [7, 11) is 1.78. The Morgan fingerprint density at radius 1 is 1.00 bits per heavy atom. The van der Waals surface area contributed by atoms with Crippen LogP contribution in [0.2, 0.25) is 0 Å². The number of carbonyl (C=O) groups excluding carboxylic acids is 1. The molecule has 176 valence electrons. The van der Waals surface area contributed by atoms with Crippen LogP contribution in [-0.4, -0.2) is 68.1 Å².